The molecule has 0 saturated heterocycles. The average Bonchev–Trinajstić information content (AvgIpc) is 3.30. The number of hydrogen-bond acceptors (Lipinski definition) is 5. The molecule has 1 N–H and O–H groups in total. The molecule has 0 fully saturated rings. The summed E-state index contributed by atoms with van der Waals surface area (Å²) in [5.41, 5.74) is 4.18. The smallest absolute Gasteiger partial charge is 0.335 e. The van der Waals surface area contributed by atoms with E-state index in [4.69, 9.17) is 9.47 Å². The molecule has 34 heavy (non-hydrogen) atoms. The average molecular weight is 461 g/mol. The molecule has 0 bridgehead atoms. The van der Waals surface area contributed by atoms with Crippen LogP contribution in [0.5, 0.6) is 0 Å². The van der Waals surface area contributed by atoms with Crippen LogP contribution >= 0.6 is 0 Å². The van der Waals surface area contributed by atoms with E-state index in [1.807, 2.05) is 61.1 Å². The number of nitrogens with one attached hydrogen (secondary N) is 1. The highest BCUT2D eigenvalue weighted by molar-refractivity contribution is 6.35. The van der Waals surface area contributed by atoms with E-state index in [0.29, 0.717) is 11.3 Å². The maximum absolute atomic E-state index is 13.3. The summed E-state index contributed by atoms with van der Waals surface area (Å²) in [5, 5.41) is 3.79. The molecule has 4 rings (SSSR count). The van der Waals surface area contributed by atoms with Crippen LogP contribution in [0.25, 0.3) is 16.5 Å². The Bertz CT molecular complexity index is 1320. The van der Waals surface area contributed by atoms with Crippen LogP contribution in [0.3, 0.4) is 0 Å². The molecular formula is C27H28N2O5. The third-order valence-corrected chi connectivity index (χ3v) is 6.01. The van der Waals surface area contributed by atoms with Gasteiger partial charge in [0, 0.05) is 35.4 Å². The number of hydrogen-bond donors (Lipinski definition) is 1. The van der Waals surface area contributed by atoms with Gasteiger partial charge in [0.15, 0.2) is 0 Å². The van der Waals surface area contributed by atoms with Crippen molar-refractivity contribution in [2.24, 2.45) is 13.0 Å². The van der Waals surface area contributed by atoms with Crippen LogP contribution in [-0.2, 0) is 37.3 Å². The van der Waals surface area contributed by atoms with Gasteiger partial charge in [-0.25, -0.2) is 4.79 Å². The molecule has 7 nitrogen and oxygen atoms in total. The summed E-state index contributed by atoms with van der Waals surface area (Å²) in [5.74, 6) is -2.71. The third kappa shape index (κ3) is 4.21. The van der Waals surface area contributed by atoms with E-state index < -0.39 is 23.8 Å². The highest BCUT2D eigenvalue weighted by Crippen LogP contribution is 2.39. The van der Waals surface area contributed by atoms with E-state index in [2.05, 4.69) is 5.32 Å². The monoisotopic (exact) mass is 460 g/mol. The highest BCUT2D eigenvalue weighted by atomic mass is 16.5. The quantitative estimate of drug-likeness (QED) is 0.422. The Balaban J connectivity index is 1.93. The highest BCUT2D eigenvalue weighted by Gasteiger charge is 2.39. The molecule has 1 aliphatic rings. The van der Waals surface area contributed by atoms with Crippen molar-refractivity contribution in [3.63, 3.8) is 0 Å². The van der Waals surface area contributed by atoms with Gasteiger partial charge < -0.3 is 19.4 Å². The molecule has 1 amide bonds. The molecule has 1 unspecified atom stereocenters. The van der Waals surface area contributed by atoms with Crippen molar-refractivity contribution >= 4 is 40.0 Å². The zero-order valence-corrected chi connectivity index (χ0v) is 19.8. The number of amides is 1. The number of para-hydroxylation sites is 1. The van der Waals surface area contributed by atoms with Crippen molar-refractivity contribution in [2.75, 3.05) is 18.5 Å². The number of esters is 2. The number of fused-ring (bicyclic) bond motifs is 2. The molecule has 7 heteroatoms. The summed E-state index contributed by atoms with van der Waals surface area (Å²) in [7, 11) is 1.93. The Kier molecular flexibility index (Phi) is 6.54. The van der Waals surface area contributed by atoms with Crippen LogP contribution in [-0.4, -0.2) is 35.6 Å². The maximum Gasteiger partial charge on any atom is 0.335 e. The SMILES string of the molecule is CCOC(=O)/C(=C1\C(=O)Nc2ccc(C)cc21)C(Cc1cn(C)c2ccccc12)C(=O)OCC. The number of ether oxygens (including phenoxy) is 2. The number of nitrogens with zero attached hydrogens (tertiary/aromatic N) is 1. The largest absolute Gasteiger partial charge is 0.466 e. The third-order valence-electron chi connectivity index (χ3n) is 6.01. The van der Waals surface area contributed by atoms with Gasteiger partial charge in [0.25, 0.3) is 5.91 Å². The molecular weight excluding hydrogens is 432 g/mol. The number of aryl methyl sites for hydroxylation is 2. The molecule has 3 aromatic rings. The second kappa shape index (κ2) is 9.55. The molecule has 2 aromatic carbocycles. The van der Waals surface area contributed by atoms with Crippen molar-refractivity contribution < 1.29 is 23.9 Å². The summed E-state index contributed by atoms with van der Waals surface area (Å²) in [6, 6.07) is 13.4. The minimum atomic E-state index is -1.02. The zero-order chi connectivity index (χ0) is 24.4. The lowest BCUT2D eigenvalue weighted by Gasteiger charge is -2.20. The molecule has 2 heterocycles. The molecule has 1 atom stereocenters. The first-order valence-corrected chi connectivity index (χ1v) is 11.4. The lowest BCUT2D eigenvalue weighted by atomic mass is 9.86. The van der Waals surface area contributed by atoms with Gasteiger partial charge >= 0.3 is 11.9 Å². The van der Waals surface area contributed by atoms with E-state index in [0.717, 1.165) is 22.0 Å². The maximum atomic E-state index is 13.3. The fourth-order valence-corrected chi connectivity index (χ4v) is 4.53. The van der Waals surface area contributed by atoms with E-state index in [1.165, 1.54) is 0 Å². The zero-order valence-electron chi connectivity index (χ0n) is 19.8. The minimum absolute atomic E-state index is 0.0232. The number of carbonyl (C=O) groups excluding carboxylic acids is 3. The van der Waals surface area contributed by atoms with Crippen LogP contribution in [0.1, 0.15) is 30.5 Å². The van der Waals surface area contributed by atoms with Crippen LogP contribution in [0, 0.1) is 12.8 Å². The molecule has 176 valence electrons. The van der Waals surface area contributed by atoms with Crippen LogP contribution in [0.2, 0.25) is 0 Å². The Morgan fingerprint density at radius 3 is 2.53 bits per heavy atom. The van der Waals surface area contributed by atoms with Gasteiger partial charge in [-0.15, -0.1) is 0 Å². The molecule has 0 aliphatic carbocycles. The first-order chi connectivity index (χ1) is 16.3. The Morgan fingerprint density at radius 2 is 1.79 bits per heavy atom. The summed E-state index contributed by atoms with van der Waals surface area (Å²) >= 11 is 0. The van der Waals surface area contributed by atoms with Crippen molar-refractivity contribution in [1.82, 2.24) is 4.57 Å². The predicted molar refractivity (Wildman–Crippen MR) is 130 cm³/mol. The van der Waals surface area contributed by atoms with E-state index in [9.17, 15) is 14.4 Å². The number of anilines is 1. The van der Waals surface area contributed by atoms with Crippen LogP contribution in [0.15, 0.2) is 54.2 Å². The molecule has 0 radical (unpaired) electrons. The van der Waals surface area contributed by atoms with Crippen LogP contribution < -0.4 is 5.32 Å². The number of benzene rings is 2. The summed E-state index contributed by atoms with van der Waals surface area (Å²) < 4.78 is 12.7. The van der Waals surface area contributed by atoms with Gasteiger partial charge in [-0.1, -0.05) is 29.8 Å². The number of aromatic nitrogens is 1. The lowest BCUT2D eigenvalue weighted by Crippen LogP contribution is -2.29. The number of carbonyl (C=O) groups is 3. The Hall–Kier alpha value is -3.87. The first-order valence-electron chi connectivity index (χ1n) is 11.4. The Labute approximate surface area is 198 Å². The fourth-order valence-electron chi connectivity index (χ4n) is 4.53. The summed E-state index contributed by atoms with van der Waals surface area (Å²) in [6.45, 7) is 5.58. The van der Waals surface area contributed by atoms with Gasteiger partial charge in [-0.3, -0.25) is 9.59 Å². The van der Waals surface area contributed by atoms with E-state index in [1.54, 1.807) is 19.9 Å². The first kappa shape index (κ1) is 23.3. The Morgan fingerprint density at radius 1 is 1.06 bits per heavy atom. The minimum Gasteiger partial charge on any atom is -0.466 e. The topological polar surface area (TPSA) is 86.6 Å². The van der Waals surface area contributed by atoms with Gasteiger partial charge in [0.1, 0.15) is 0 Å². The van der Waals surface area contributed by atoms with Gasteiger partial charge in [0.05, 0.1) is 30.3 Å². The van der Waals surface area contributed by atoms with Gasteiger partial charge in [0.2, 0.25) is 0 Å². The van der Waals surface area contributed by atoms with Crippen molar-refractivity contribution in [3.05, 3.63) is 70.9 Å². The lowest BCUT2D eigenvalue weighted by molar-refractivity contribution is -0.150. The molecule has 0 saturated carbocycles. The second-order valence-electron chi connectivity index (χ2n) is 8.30. The summed E-state index contributed by atoms with van der Waals surface area (Å²) in [6.07, 6.45) is 2.13. The van der Waals surface area contributed by atoms with E-state index in [-0.39, 0.29) is 30.8 Å². The predicted octanol–water partition coefficient (Wildman–Crippen LogP) is 4.18. The molecule has 0 spiro atoms. The van der Waals surface area contributed by atoms with Crippen molar-refractivity contribution in [2.45, 2.75) is 27.2 Å². The van der Waals surface area contributed by atoms with Crippen molar-refractivity contribution in [1.29, 1.82) is 0 Å². The second-order valence-corrected chi connectivity index (χ2v) is 8.30. The fraction of sp³-hybridized carbons (Fsp3) is 0.296. The standard InChI is InChI=1S/C27H28N2O5/c1-5-33-26(31)20(14-17-15-29(4)22-10-8-7-9-18(17)22)24(27(32)34-6-2)23-19-13-16(3)11-12-21(19)28-25(23)30/h7-13,15,20H,5-6,14H2,1-4H3,(H,28,30)/b24-23-. The van der Waals surface area contributed by atoms with Crippen molar-refractivity contribution in [3.8, 4) is 0 Å². The number of rotatable bonds is 7. The molecule has 1 aromatic heterocycles. The van der Waals surface area contributed by atoms with Gasteiger partial charge in [-0.2, -0.15) is 0 Å². The van der Waals surface area contributed by atoms with Gasteiger partial charge in [-0.05, 0) is 51.0 Å². The van der Waals surface area contributed by atoms with Crippen LogP contribution in [0.4, 0.5) is 5.69 Å². The normalized spacial score (nSPS) is 15.0. The summed E-state index contributed by atoms with van der Waals surface area (Å²) in [4.78, 5) is 39.7. The molecule has 1 aliphatic heterocycles. The van der Waals surface area contributed by atoms with E-state index >= 15 is 0 Å².